The van der Waals surface area contributed by atoms with Crippen LogP contribution in [0, 0.1) is 32.0 Å². The quantitative estimate of drug-likeness (QED) is 0.385. The van der Waals surface area contributed by atoms with Crippen LogP contribution in [0.1, 0.15) is 26.7 Å². The molecule has 2 amide bonds. The Morgan fingerprint density at radius 3 is 1.97 bits per heavy atom. The van der Waals surface area contributed by atoms with E-state index in [2.05, 4.69) is 16.0 Å². The Labute approximate surface area is 200 Å². The van der Waals surface area contributed by atoms with Gasteiger partial charge in [-0.1, -0.05) is 0 Å². The Morgan fingerprint density at radius 1 is 0.943 bits per heavy atom. The van der Waals surface area contributed by atoms with E-state index in [4.69, 9.17) is 4.74 Å². The number of amides is 2. The van der Waals surface area contributed by atoms with Crippen LogP contribution in [0.2, 0.25) is 0 Å². The number of anilines is 3. The zero-order chi connectivity index (χ0) is 26.0. The summed E-state index contributed by atoms with van der Waals surface area (Å²) in [7, 11) is 0. The Morgan fingerprint density at radius 2 is 1.46 bits per heavy atom. The number of halogens is 1. The predicted octanol–water partition coefficient (Wildman–Crippen LogP) is 4.08. The molecule has 0 atom stereocenters. The molecule has 1 aliphatic rings. The summed E-state index contributed by atoms with van der Waals surface area (Å²) in [5.74, 6) is -1.09. The van der Waals surface area contributed by atoms with Crippen molar-refractivity contribution >= 4 is 40.3 Å². The number of nitrogens with one attached hydrogen (secondary N) is 3. The van der Waals surface area contributed by atoms with Crippen LogP contribution < -0.4 is 16.0 Å². The number of carbonyl (C=O) groups is 2. The molecule has 0 saturated carbocycles. The van der Waals surface area contributed by atoms with Gasteiger partial charge in [0.1, 0.15) is 5.69 Å². The van der Waals surface area contributed by atoms with Crippen LogP contribution in [0.4, 0.5) is 32.8 Å². The van der Waals surface area contributed by atoms with Gasteiger partial charge in [-0.2, -0.15) is 4.39 Å². The molecule has 1 aliphatic heterocycles. The lowest BCUT2D eigenvalue weighted by Crippen LogP contribution is -2.22. The van der Waals surface area contributed by atoms with E-state index < -0.39 is 21.4 Å². The number of carbonyl (C=O) groups excluding carboxylic acids is 2. The van der Waals surface area contributed by atoms with Crippen molar-refractivity contribution in [3.05, 3.63) is 62.4 Å². The molecule has 1 fully saturated rings. The molecule has 3 N–H and O–H groups in total. The highest BCUT2D eigenvalue weighted by Gasteiger charge is 2.18. The maximum Gasteiger partial charge on any atom is 0.306 e. The van der Waals surface area contributed by atoms with E-state index in [0.29, 0.717) is 23.8 Å². The van der Waals surface area contributed by atoms with Gasteiger partial charge in [0.05, 0.1) is 9.85 Å². The van der Waals surface area contributed by atoms with Crippen LogP contribution in [0.15, 0.2) is 36.4 Å². The van der Waals surface area contributed by atoms with Crippen molar-refractivity contribution in [2.24, 2.45) is 5.92 Å². The highest BCUT2D eigenvalue weighted by atomic mass is 19.1. The van der Waals surface area contributed by atoms with Crippen LogP contribution in [-0.4, -0.2) is 41.4 Å². The average molecular weight is 491 g/mol. The molecule has 1 heterocycles. The molecular weight excluding hydrogens is 465 g/mol. The average Bonchev–Trinajstić information content (AvgIpc) is 2.79. The first-order valence-corrected chi connectivity index (χ1v) is 10.7. The maximum absolute atomic E-state index is 12.8. The molecule has 1 saturated heterocycles. The van der Waals surface area contributed by atoms with Gasteiger partial charge in [0.2, 0.25) is 17.6 Å². The number of nitro benzene ring substituents is 2. The smallest absolute Gasteiger partial charge is 0.306 e. The standard InChI is InChI=1S/C14H19N3O4.C8H7FN2O3/c1-10(18)16-12-2-3-13(14(8-12)17(19)20)15-9-11-4-6-21-7-5-11;1-5(12)10-6-2-3-7(9)8(4-6)11(13)14/h2-3,8,11,15H,4-7,9H2,1H3,(H,16,18);2-4H,1H3,(H,10,12). The first-order chi connectivity index (χ1) is 16.6. The molecule has 2 aromatic rings. The second-order valence-electron chi connectivity index (χ2n) is 7.71. The summed E-state index contributed by atoms with van der Waals surface area (Å²) < 4.78 is 18.1. The van der Waals surface area contributed by atoms with Gasteiger partial charge in [0, 0.05) is 57.1 Å². The van der Waals surface area contributed by atoms with Crippen molar-refractivity contribution in [3.63, 3.8) is 0 Å². The van der Waals surface area contributed by atoms with E-state index >= 15 is 0 Å². The fourth-order valence-electron chi connectivity index (χ4n) is 3.25. The molecule has 12 nitrogen and oxygen atoms in total. The fraction of sp³-hybridized carbons (Fsp3) is 0.364. The number of ether oxygens (including phenoxy) is 1. The van der Waals surface area contributed by atoms with Gasteiger partial charge in [0.15, 0.2) is 0 Å². The van der Waals surface area contributed by atoms with E-state index in [-0.39, 0.29) is 23.2 Å². The molecule has 0 radical (unpaired) electrons. The zero-order valence-electron chi connectivity index (χ0n) is 19.2. The summed E-state index contributed by atoms with van der Waals surface area (Å²) in [6, 6.07) is 7.81. The molecule has 2 aromatic carbocycles. The van der Waals surface area contributed by atoms with E-state index in [1.807, 2.05) is 0 Å². The summed E-state index contributed by atoms with van der Waals surface area (Å²) >= 11 is 0. The van der Waals surface area contributed by atoms with Gasteiger partial charge in [-0.05, 0) is 43.0 Å². The fourth-order valence-corrected chi connectivity index (χ4v) is 3.25. The molecule has 0 unspecified atom stereocenters. The third-order valence-electron chi connectivity index (χ3n) is 4.90. The second-order valence-corrected chi connectivity index (χ2v) is 7.71. The van der Waals surface area contributed by atoms with Gasteiger partial charge in [0.25, 0.3) is 5.69 Å². The number of nitrogens with zero attached hydrogens (tertiary/aromatic N) is 2. The van der Waals surface area contributed by atoms with Crippen molar-refractivity contribution in [1.29, 1.82) is 0 Å². The van der Waals surface area contributed by atoms with Crippen molar-refractivity contribution in [2.45, 2.75) is 26.7 Å². The summed E-state index contributed by atoms with van der Waals surface area (Å²) in [5, 5.41) is 29.5. The molecule has 0 spiro atoms. The van der Waals surface area contributed by atoms with E-state index in [1.54, 1.807) is 12.1 Å². The lowest BCUT2D eigenvalue weighted by molar-refractivity contribution is -0.387. The molecule has 3 rings (SSSR count). The first-order valence-electron chi connectivity index (χ1n) is 10.7. The lowest BCUT2D eigenvalue weighted by atomic mass is 10.0. The lowest BCUT2D eigenvalue weighted by Gasteiger charge is -2.22. The highest BCUT2D eigenvalue weighted by Crippen LogP contribution is 2.29. The minimum atomic E-state index is -0.927. The van der Waals surface area contributed by atoms with Gasteiger partial charge >= 0.3 is 5.69 Å². The van der Waals surface area contributed by atoms with Gasteiger partial charge in [-0.15, -0.1) is 0 Å². The van der Waals surface area contributed by atoms with Crippen LogP contribution in [0.25, 0.3) is 0 Å². The van der Waals surface area contributed by atoms with E-state index in [1.165, 1.54) is 26.0 Å². The third-order valence-corrected chi connectivity index (χ3v) is 4.90. The number of hydrogen-bond acceptors (Lipinski definition) is 8. The highest BCUT2D eigenvalue weighted by molar-refractivity contribution is 5.90. The second kappa shape index (κ2) is 12.9. The molecule has 0 aliphatic carbocycles. The first kappa shape index (κ1) is 27.1. The normalized spacial score (nSPS) is 13.1. The van der Waals surface area contributed by atoms with Crippen LogP contribution in [-0.2, 0) is 14.3 Å². The van der Waals surface area contributed by atoms with E-state index in [0.717, 1.165) is 38.2 Å². The van der Waals surface area contributed by atoms with Gasteiger partial charge in [-0.25, -0.2) is 0 Å². The van der Waals surface area contributed by atoms with Gasteiger partial charge < -0.3 is 20.7 Å². The van der Waals surface area contributed by atoms with Crippen molar-refractivity contribution < 1.29 is 28.6 Å². The summed E-state index contributed by atoms with van der Waals surface area (Å²) in [4.78, 5) is 41.8. The summed E-state index contributed by atoms with van der Waals surface area (Å²) in [6.07, 6.45) is 1.93. The van der Waals surface area contributed by atoms with E-state index in [9.17, 15) is 34.2 Å². The van der Waals surface area contributed by atoms with Crippen LogP contribution >= 0.6 is 0 Å². The van der Waals surface area contributed by atoms with Crippen molar-refractivity contribution in [2.75, 3.05) is 35.7 Å². The number of nitro groups is 2. The largest absolute Gasteiger partial charge is 0.381 e. The van der Waals surface area contributed by atoms with Crippen LogP contribution in [0.3, 0.4) is 0 Å². The number of hydrogen-bond donors (Lipinski definition) is 3. The molecule has 13 heteroatoms. The SMILES string of the molecule is CC(=O)Nc1ccc(F)c([N+](=O)[O-])c1.CC(=O)Nc1ccc(NCC2CCOCC2)c([N+](=O)[O-])c1. The summed E-state index contributed by atoms with van der Waals surface area (Å²) in [5.41, 5.74) is 0.404. The minimum absolute atomic E-state index is 0.0340. The third kappa shape index (κ3) is 8.97. The Balaban J connectivity index is 0.000000269. The number of benzene rings is 2. The molecule has 0 aromatic heterocycles. The van der Waals surface area contributed by atoms with Crippen molar-refractivity contribution in [3.8, 4) is 0 Å². The number of rotatable bonds is 7. The topological polar surface area (TPSA) is 166 Å². The maximum atomic E-state index is 12.8. The Hall–Kier alpha value is -4.13. The van der Waals surface area contributed by atoms with Gasteiger partial charge in [-0.3, -0.25) is 29.8 Å². The molecular formula is C22H26FN5O7. The Kier molecular flexibility index (Phi) is 10.0. The zero-order valence-corrected chi connectivity index (χ0v) is 19.2. The molecule has 35 heavy (non-hydrogen) atoms. The summed E-state index contributed by atoms with van der Waals surface area (Å²) in [6.45, 7) is 4.80. The van der Waals surface area contributed by atoms with Crippen molar-refractivity contribution in [1.82, 2.24) is 0 Å². The minimum Gasteiger partial charge on any atom is -0.381 e. The van der Waals surface area contributed by atoms with Crippen LogP contribution in [0.5, 0.6) is 0 Å². The predicted molar refractivity (Wildman–Crippen MR) is 127 cm³/mol. The Bertz CT molecular complexity index is 1090. The monoisotopic (exact) mass is 491 g/mol. The molecule has 0 bridgehead atoms. The molecule has 188 valence electrons.